The fourth-order valence-corrected chi connectivity index (χ4v) is 8.18. The Kier molecular flexibility index (Phi) is 6.85. The summed E-state index contributed by atoms with van der Waals surface area (Å²) >= 11 is 0. The lowest BCUT2D eigenvalue weighted by molar-refractivity contribution is 1.07. The van der Waals surface area contributed by atoms with E-state index in [0.717, 1.165) is 66.1 Å². The Balaban J connectivity index is 1.06. The van der Waals surface area contributed by atoms with Gasteiger partial charge in [-0.25, -0.2) is 19.8 Å². The quantitative estimate of drug-likeness (QED) is 0.133. The largest absolute Gasteiger partial charge is 0.310 e. The summed E-state index contributed by atoms with van der Waals surface area (Å²) in [4.78, 5) is 18.7. The second-order valence-corrected chi connectivity index (χ2v) is 14.0. The molecule has 0 aliphatic rings. The van der Waals surface area contributed by atoms with E-state index in [4.69, 9.17) is 21.5 Å². The average Bonchev–Trinajstić information content (AvgIpc) is 3.58. The molecule has 0 spiro atoms. The van der Waals surface area contributed by atoms with Gasteiger partial charge in [-0.3, -0.25) is 0 Å². The van der Waals surface area contributed by atoms with Crippen LogP contribution in [0.15, 0.2) is 176 Å². The normalized spacial score (nSPS) is 11.6. The van der Waals surface area contributed by atoms with Crippen molar-refractivity contribution >= 4 is 59.8 Å². The Morgan fingerprint density at radius 2 is 0.836 bits per heavy atom. The molecule has 254 valence electrons. The van der Waals surface area contributed by atoms with Crippen LogP contribution in [0.2, 0.25) is 0 Å². The van der Waals surface area contributed by atoms with Crippen LogP contribution >= 0.6 is 0 Å². The van der Waals surface area contributed by atoms with Gasteiger partial charge in [0.2, 0.25) is 0 Å². The molecule has 0 N–H and O–H groups in total. The number of para-hydroxylation sites is 1. The third-order valence-electron chi connectivity index (χ3n) is 10.7. The van der Waals surface area contributed by atoms with Gasteiger partial charge in [0, 0.05) is 38.7 Å². The van der Waals surface area contributed by atoms with E-state index < -0.39 is 0 Å². The highest BCUT2D eigenvalue weighted by Crippen LogP contribution is 2.41. The van der Waals surface area contributed by atoms with Gasteiger partial charge in [-0.05, 0) is 92.0 Å². The first-order chi connectivity index (χ1) is 27.2. The van der Waals surface area contributed by atoms with Crippen molar-refractivity contribution in [2.45, 2.75) is 0 Å². The van der Waals surface area contributed by atoms with Gasteiger partial charge >= 0.3 is 0 Å². The molecule has 11 rings (SSSR count). The molecule has 0 saturated heterocycles. The maximum atomic E-state index is 7.66. The Hall–Kier alpha value is -7.68. The van der Waals surface area contributed by atoms with Crippen molar-refractivity contribution in [3.8, 4) is 51.0 Å². The van der Waals surface area contributed by atoms with Crippen LogP contribution in [0.5, 0.6) is 0 Å². The number of hydrogen-bond donors (Lipinski definition) is 0. The van der Waals surface area contributed by atoms with Crippen LogP contribution in [0.1, 0.15) is 0 Å². The molecule has 5 heteroatoms. The molecule has 2 heterocycles. The maximum Gasteiger partial charge on any atom is 0.189 e. The summed E-state index contributed by atoms with van der Waals surface area (Å²) in [5.74, 6) is 1.95. The van der Waals surface area contributed by atoms with E-state index in [1.54, 1.807) is 0 Å². The molecule has 11 aromatic rings. The predicted octanol–water partition coefficient (Wildman–Crippen LogP) is 13.1. The highest BCUT2D eigenvalue weighted by Gasteiger charge is 2.18. The van der Waals surface area contributed by atoms with Crippen LogP contribution in [0.25, 0.3) is 110 Å². The van der Waals surface area contributed by atoms with Gasteiger partial charge in [-0.15, -0.1) is 0 Å². The zero-order chi connectivity index (χ0) is 36.5. The molecule has 9 aromatic carbocycles. The highest BCUT2D eigenvalue weighted by molar-refractivity contribution is 6.24. The first-order valence-electron chi connectivity index (χ1n) is 18.3. The number of hydrogen-bond acceptors (Lipinski definition) is 3. The van der Waals surface area contributed by atoms with Crippen LogP contribution < -0.4 is 0 Å². The first-order valence-corrected chi connectivity index (χ1v) is 18.3. The minimum atomic E-state index is 0.633. The monoisotopic (exact) mass is 699 g/mol. The SMILES string of the molecule is [C-]#[N+]c1ccc2c3ccc(-c4cc5ccc6cc(-c7nc(-c8ccccc8)nc(-c8ccccc8)n7)cc7ccc(c4)c5c67)cc3n(-c3ccccc3)c2c1. The van der Waals surface area contributed by atoms with Crippen LogP contribution in [0.3, 0.4) is 0 Å². The number of nitrogens with zero attached hydrogens (tertiary/aromatic N) is 5. The molecule has 0 amide bonds. The van der Waals surface area contributed by atoms with Crippen LogP contribution in [-0.4, -0.2) is 19.5 Å². The number of benzene rings is 9. The molecule has 0 unspecified atom stereocenters. The van der Waals surface area contributed by atoms with Crippen molar-refractivity contribution in [3.05, 3.63) is 187 Å². The number of rotatable bonds is 5. The summed E-state index contributed by atoms with van der Waals surface area (Å²) in [5.41, 5.74) is 9.01. The van der Waals surface area contributed by atoms with Gasteiger partial charge in [-0.1, -0.05) is 127 Å². The summed E-state index contributed by atoms with van der Waals surface area (Å²) < 4.78 is 2.28. The molecular formula is C50H29N5. The first kappa shape index (κ1) is 30.9. The molecule has 0 aliphatic carbocycles. The van der Waals surface area contributed by atoms with Gasteiger partial charge in [0.05, 0.1) is 12.1 Å². The minimum absolute atomic E-state index is 0.633. The standard InChI is InChI=1S/C50H29N5/c1-51-40-22-24-43-42-23-21-33(29-44(42)55(45(43)30-40)41-15-9-4-10-16-41)38-25-34-17-19-36-27-39(28-37-20-18-35(26-38)46(34)47(36)37)50-53-48(31-11-5-2-6-12-31)52-49(54-50)32-13-7-3-8-14-32/h2-30H. The number of aromatic nitrogens is 4. The van der Waals surface area contributed by atoms with Crippen LogP contribution in [0.4, 0.5) is 5.69 Å². The molecule has 0 bridgehead atoms. The van der Waals surface area contributed by atoms with Crippen molar-refractivity contribution in [3.63, 3.8) is 0 Å². The Bertz CT molecular complexity index is 3180. The second-order valence-electron chi connectivity index (χ2n) is 14.0. The number of fused-ring (bicyclic) bond motifs is 3. The average molecular weight is 700 g/mol. The van der Waals surface area contributed by atoms with Crippen molar-refractivity contribution in [1.82, 2.24) is 19.5 Å². The van der Waals surface area contributed by atoms with Gasteiger partial charge in [-0.2, -0.15) is 0 Å². The van der Waals surface area contributed by atoms with Crippen molar-refractivity contribution in [1.29, 1.82) is 0 Å². The van der Waals surface area contributed by atoms with E-state index in [0.29, 0.717) is 23.2 Å². The lowest BCUT2D eigenvalue weighted by atomic mass is 9.90. The summed E-state index contributed by atoms with van der Waals surface area (Å²) in [6, 6.07) is 61.3. The second kappa shape index (κ2) is 12.2. The van der Waals surface area contributed by atoms with E-state index in [1.165, 1.54) is 21.5 Å². The van der Waals surface area contributed by atoms with Crippen molar-refractivity contribution < 1.29 is 0 Å². The Labute approximate surface area is 316 Å². The highest BCUT2D eigenvalue weighted by atomic mass is 15.0. The molecule has 0 fully saturated rings. The third kappa shape index (κ3) is 5.04. The molecule has 5 nitrogen and oxygen atoms in total. The minimum Gasteiger partial charge on any atom is -0.310 e. The van der Waals surface area contributed by atoms with Gasteiger partial charge in [0.25, 0.3) is 0 Å². The van der Waals surface area contributed by atoms with E-state index in [2.05, 4.69) is 106 Å². The Morgan fingerprint density at radius 1 is 0.382 bits per heavy atom. The summed E-state index contributed by atoms with van der Waals surface area (Å²) in [7, 11) is 0. The summed E-state index contributed by atoms with van der Waals surface area (Å²) in [6.07, 6.45) is 0. The zero-order valence-corrected chi connectivity index (χ0v) is 29.5. The van der Waals surface area contributed by atoms with E-state index in [1.807, 2.05) is 78.9 Å². The zero-order valence-electron chi connectivity index (χ0n) is 29.5. The topological polar surface area (TPSA) is 48.0 Å². The lowest BCUT2D eigenvalue weighted by Crippen LogP contribution is -2.00. The molecule has 55 heavy (non-hydrogen) atoms. The van der Waals surface area contributed by atoms with Gasteiger partial charge in [0.1, 0.15) is 0 Å². The molecule has 0 radical (unpaired) electrons. The summed E-state index contributed by atoms with van der Waals surface area (Å²) in [6.45, 7) is 7.66. The molecule has 0 aliphatic heterocycles. The predicted molar refractivity (Wildman–Crippen MR) is 226 cm³/mol. The van der Waals surface area contributed by atoms with Crippen molar-refractivity contribution in [2.75, 3.05) is 0 Å². The van der Waals surface area contributed by atoms with Crippen LogP contribution in [0, 0.1) is 6.57 Å². The third-order valence-corrected chi connectivity index (χ3v) is 10.7. The van der Waals surface area contributed by atoms with E-state index >= 15 is 0 Å². The molecule has 0 atom stereocenters. The molecule has 0 saturated carbocycles. The maximum absolute atomic E-state index is 7.66. The fourth-order valence-electron chi connectivity index (χ4n) is 8.18. The fraction of sp³-hybridized carbons (Fsp3) is 0. The van der Waals surface area contributed by atoms with E-state index in [9.17, 15) is 0 Å². The van der Waals surface area contributed by atoms with E-state index in [-0.39, 0.29) is 0 Å². The summed E-state index contributed by atoms with van der Waals surface area (Å²) in [5, 5.41) is 9.48. The molecular weight excluding hydrogens is 671 g/mol. The Morgan fingerprint density at radius 3 is 1.36 bits per heavy atom. The molecule has 2 aromatic heterocycles. The van der Waals surface area contributed by atoms with Crippen molar-refractivity contribution in [2.24, 2.45) is 0 Å². The lowest BCUT2D eigenvalue weighted by Gasteiger charge is -2.15. The van der Waals surface area contributed by atoms with Gasteiger partial charge in [0.15, 0.2) is 23.2 Å². The smallest absolute Gasteiger partial charge is 0.189 e. The van der Waals surface area contributed by atoms with Gasteiger partial charge < -0.3 is 4.57 Å². The van der Waals surface area contributed by atoms with Crippen LogP contribution in [-0.2, 0) is 0 Å².